The van der Waals surface area contributed by atoms with E-state index in [9.17, 15) is 4.79 Å². The number of ether oxygens (including phenoxy) is 1. The molecule has 1 aliphatic carbocycles. The third kappa shape index (κ3) is 4.86. The average Bonchev–Trinajstić information content (AvgIpc) is 3.29. The fourth-order valence-electron chi connectivity index (χ4n) is 4.35. The van der Waals surface area contributed by atoms with Crippen LogP contribution in [0.25, 0.3) is 0 Å². The molecule has 0 unspecified atom stereocenters. The van der Waals surface area contributed by atoms with Crippen LogP contribution in [-0.2, 0) is 4.79 Å². The van der Waals surface area contributed by atoms with Crippen LogP contribution in [-0.4, -0.2) is 25.6 Å². The van der Waals surface area contributed by atoms with Crippen LogP contribution in [0.2, 0.25) is 0 Å². The number of carbonyl (C=O) groups is 1. The van der Waals surface area contributed by atoms with Crippen molar-refractivity contribution < 1.29 is 9.53 Å². The second kappa shape index (κ2) is 9.13. The summed E-state index contributed by atoms with van der Waals surface area (Å²) in [6, 6.07) is 16.4. The normalized spacial score (nSPS) is 17.5. The highest BCUT2D eigenvalue weighted by molar-refractivity contribution is 5.92. The number of anilines is 2. The first kappa shape index (κ1) is 18.9. The Labute approximate surface area is 167 Å². The Bertz CT molecular complexity index is 758. The molecule has 4 nitrogen and oxygen atoms in total. The van der Waals surface area contributed by atoms with Gasteiger partial charge in [0.15, 0.2) is 6.61 Å². The molecule has 1 aliphatic heterocycles. The lowest BCUT2D eigenvalue weighted by atomic mass is 9.84. The van der Waals surface area contributed by atoms with E-state index in [0.29, 0.717) is 5.92 Å². The second-order valence-electron chi connectivity index (χ2n) is 7.98. The summed E-state index contributed by atoms with van der Waals surface area (Å²) in [4.78, 5) is 14.6. The third-order valence-electron chi connectivity index (χ3n) is 5.95. The third-order valence-corrected chi connectivity index (χ3v) is 5.95. The summed E-state index contributed by atoms with van der Waals surface area (Å²) in [6.07, 6.45) is 9.14. The van der Waals surface area contributed by atoms with Gasteiger partial charge in [-0.1, -0.05) is 31.4 Å². The summed E-state index contributed by atoms with van der Waals surface area (Å²) < 4.78 is 5.67. The first-order valence-corrected chi connectivity index (χ1v) is 10.7. The largest absolute Gasteiger partial charge is 0.484 e. The molecule has 1 saturated heterocycles. The lowest BCUT2D eigenvalue weighted by Crippen LogP contribution is -2.20. The minimum absolute atomic E-state index is 0.0245. The van der Waals surface area contributed by atoms with Gasteiger partial charge in [-0.15, -0.1) is 0 Å². The van der Waals surface area contributed by atoms with Crippen LogP contribution in [0.4, 0.5) is 11.4 Å². The summed E-state index contributed by atoms with van der Waals surface area (Å²) in [7, 11) is 0. The Morgan fingerprint density at radius 3 is 2.25 bits per heavy atom. The maximum absolute atomic E-state index is 12.2. The molecule has 0 radical (unpaired) electrons. The molecular weight excluding hydrogens is 348 g/mol. The Balaban J connectivity index is 1.24. The fraction of sp³-hybridized carbons (Fsp3) is 0.458. The first-order valence-electron chi connectivity index (χ1n) is 10.7. The van der Waals surface area contributed by atoms with E-state index in [-0.39, 0.29) is 12.5 Å². The summed E-state index contributed by atoms with van der Waals surface area (Å²) in [5.41, 5.74) is 3.43. The number of hydrogen-bond donors (Lipinski definition) is 1. The number of amides is 1. The lowest BCUT2D eigenvalue weighted by Gasteiger charge is -2.22. The van der Waals surface area contributed by atoms with E-state index in [1.165, 1.54) is 56.2 Å². The van der Waals surface area contributed by atoms with Crippen molar-refractivity contribution in [1.82, 2.24) is 0 Å². The highest BCUT2D eigenvalue weighted by Gasteiger charge is 2.15. The quantitative estimate of drug-likeness (QED) is 0.736. The highest BCUT2D eigenvalue weighted by atomic mass is 16.5. The van der Waals surface area contributed by atoms with E-state index in [4.69, 9.17) is 4.74 Å². The van der Waals surface area contributed by atoms with Crippen molar-refractivity contribution in [3.05, 3.63) is 54.1 Å². The Kier molecular flexibility index (Phi) is 6.15. The zero-order valence-electron chi connectivity index (χ0n) is 16.5. The second-order valence-corrected chi connectivity index (χ2v) is 7.98. The van der Waals surface area contributed by atoms with Gasteiger partial charge in [0, 0.05) is 24.5 Å². The molecule has 1 N–H and O–H groups in total. The van der Waals surface area contributed by atoms with E-state index in [2.05, 4.69) is 34.5 Å². The van der Waals surface area contributed by atoms with Crippen molar-refractivity contribution in [1.29, 1.82) is 0 Å². The molecule has 1 amide bonds. The van der Waals surface area contributed by atoms with Gasteiger partial charge in [0.2, 0.25) is 0 Å². The molecule has 1 heterocycles. The molecule has 0 atom stereocenters. The summed E-state index contributed by atoms with van der Waals surface area (Å²) in [6.45, 7) is 2.27. The number of carbonyl (C=O) groups excluding carboxylic acids is 1. The van der Waals surface area contributed by atoms with Crippen LogP contribution in [0.5, 0.6) is 5.75 Å². The molecule has 2 fully saturated rings. The van der Waals surface area contributed by atoms with E-state index < -0.39 is 0 Å². The van der Waals surface area contributed by atoms with Crippen LogP contribution >= 0.6 is 0 Å². The molecule has 4 heteroatoms. The molecule has 2 aromatic rings. The van der Waals surface area contributed by atoms with Crippen molar-refractivity contribution in [3.8, 4) is 5.75 Å². The van der Waals surface area contributed by atoms with E-state index in [1.807, 2.05) is 24.3 Å². The molecule has 2 aliphatic rings. The van der Waals surface area contributed by atoms with Crippen molar-refractivity contribution in [2.45, 2.75) is 50.9 Å². The average molecular weight is 379 g/mol. The van der Waals surface area contributed by atoms with E-state index >= 15 is 0 Å². The molecule has 28 heavy (non-hydrogen) atoms. The minimum atomic E-state index is -0.134. The van der Waals surface area contributed by atoms with E-state index in [1.54, 1.807) is 0 Å². The Morgan fingerprint density at radius 1 is 0.893 bits per heavy atom. The zero-order chi connectivity index (χ0) is 19.2. The van der Waals surface area contributed by atoms with Crippen LogP contribution < -0.4 is 15.0 Å². The van der Waals surface area contributed by atoms with Crippen molar-refractivity contribution in [3.63, 3.8) is 0 Å². The number of hydrogen-bond acceptors (Lipinski definition) is 3. The highest BCUT2D eigenvalue weighted by Crippen LogP contribution is 2.33. The van der Waals surface area contributed by atoms with E-state index in [0.717, 1.165) is 24.5 Å². The smallest absolute Gasteiger partial charge is 0.262 e. The molecule has 2 aromatic carbocycles. The predicted octanol–water partition coefficient (Wildman–Crippen LogP) is 5.35. The van der Waals surface area contributed by atoms with Crippen molar-refractivity contribution in [2.75, 3.05) is 29.9 Å². The van der Waals surface area contributed by atoms with Crippen molar-refractivity contribution in [2.24, 2.45) is 0 Å². The fourth-order valence-corrected chi connectivity index (χ4v) is 4.35. The van der Waals surface area contributed by atoms with Gasteiger partial charge >= 0.3 is 0 Å². The Morgan fingerprint density at radius 2 is 1.57 bits per heavy atom. The first-order chi connectivity index (χ1) is 13.8. The van der Waals surface area contributed by atoms with Gasteiger partial charge in [0.05, 0.1) is 0 Å². The van der Waals surface area contributed by atoms with Crippen LogP contribution in [0.3, 0.4) is 0 Å². The van der Waals surface area contributed by atoms with Crippen LogP contribution in [0.15, 0.2) is 48.5 Å². The number of benzene rings is 2. The summed E-state index contributed by atoms with van der Waals surface area (Å²) in [5, 5.41) is 2.91. The number of nitrogens with one attached hydrogen (secondary N) is 1. The number of rotatable bonds is 6. The predicted molar refractivity (Wildman–Crippen MR) is 114 cm³/mol. The molecule has 1 saturated carbocycles. The molecule has 0 aromatic heterocycles. The van der Waals surface area contributed by atoms with Crippen LogP contribution in [0, 0.1) is 0 Å². The summed E-state index contributed by atoms with van der Waals surface area (Å²) in [5.74, 6) is 1.30. The van der Waals surface area contributed by atoms with Gasteiger partial charge in [0.25, 0.3) is 5.91 Å². The molecule has 0 bridgehead atoms. The standard InChI is InChI=1S/C24H30N2O2/c27-24(25-21-10-12-22(13-11-21)26-16-4-5-17-26)18-28-23-14-8-20(9-15-23)19-6-2-1-3-7-19/h8-15,19H,1-7,16-18H2,(H,25,27). The van der Waals surface area contributed by atoms with Gasteiger partial charge in [0.1, 0.15) is 5.75 Å². The van der Waals surface area contributed by atoms with Gasteiger partial charge in [-0.05, 0) is 73.6 Å². The minimum Gasteiger partial charge on any atom is -0.484 e. The molecular formula is C24H30N2O2. The summed E-state index contributed by atoms with van der Waals surface area (Å²) >= 11 is 0. The zero-order valence-corrected chi connectivity index (χ0v) is 16.5. The molecule has 4 rings (SSSR count). The maximum Gasteiger partial charge on any atom is 0.262 e. The maximum atomic E-state index is 12.2. The molecule has 0 spiro atoms. The van der Waals surface area contributed by atoms with Crippen molar-refractivity contribution >= 4 is 17.3 Å². The van der Waals surface area contributed by atoms with Crippen LogP contribution in [0.1, 0.15) is 56.4 Å². The monoisotopic (exact) mass is 378 g/mol. The Hall–Kier alpha value is -2.49. The van der Waals surface area contributed by atoms with Gasteiger partial charge in [-0.3, -0.25) is 4.79 Å². The van der Waals surface area contributed by atoms with Gasteiger partial charge < -0.3 is 15.0 Å². The SMILES string of the molecule is O=C(COc1ccc(C2CCCCC2)cc1)Nc1ccc(N2CCCC2)cc1. The van der Waals surface area contributed by atoms with Gasteiger partial charge in [-0.2, -0.15) is 0 Å². The molecule has 148 valence electrons. The topological polar surface area (TPSA) is 41.6 Å². The van der Waals surface area contributed by atoms with Gasteiger partial charge in [-0.25, -0.2) is 0 Å². The number of nitrogens with zero attached hydrogens (tertiary/aromatic N) is 1. The lowest BCUT2D eigenvalue weighted by molar-refractivity contribution is -0.118.